The minimum Gasteiger partial charge on any atom is -0.340 e. The summed E-state index contributed by atoms with van der Waals surface area (Å²) in [5.41, 5.74) is 5.50. The summed E-state index contributed by atoms with van der Waals surface area (Å²) in [6, 6.07) is 12.9. The Morgan fingerprint density at radius 3 is 2.39 bits per heavy atom. The van der Waals surface area contributed by atoms with Gasteiger partial charge in [-0.3, -0.25) is 9.48 Å². The summed E-state index contributed by atoms with van der Waals surface area (Å²) < 4.78 is 56.8. The third-order valence-electron chi connectivity index (χ3n) is 10.1. The normalized spacial score (nSPS) is 18.3. The second-order valence-corrected chi connectivity index (χ2v) is 17.7. The number of aromatic nitrogens is 2. The van der Waals surface area contributed by atoms with E-state index in [0.29, 0.717) is 49.2 Å². The van der Waals surface area contributed by atoms with Crippen molar-refractivity contribution in [3.05, 3.63) is 69.9 Å². The number of halogens is 1. The number of rotatable bonds is 13. The van der Waals surface area contributed by atoms with Crippen LogP contribution < -0.4 is 4.72 Å². The van der Waals surface area contributed by atoms with Crippen LogP contribution in [0, 0.1) is 6.92 Å². The number of piperidine rings is 1. The van der Waals surface area contributed by atoms with Gasteiger partial charge in [-0.05, 0) is 81.8 Å². The zero-order valence-corrected chi connectivity index (χ0v) is 30.8. The van der Waals surface area contributed by atoms with Crippen LogP contribution in [0.4, 0.5) is 0 Å². The molecule has 11 nitrogen and oxygen atoms in total. The van der Waals surface area contributed by atoms with E-state index >= 15 is 0 Å². The molecule has 3 aliphatic heterocycles. The summed E-state index contributed by atoms with van der Waals surface area (Å²) in [5, 5.41) is 5.66. The smallest absolute Gasteiger partial charge is 0.240 e. The molecular formula is C35H47ClN6O5S2. The van der Waals surface area contributed by atoms with Crippen molar-refractivity contribution in [2.24, 2.45) is 0 Å². The first-order valence-electron chi connectivity index (χ1n) is 17.3. The van der Waals surface area contributed by atoms with Gasteiger partial charge in [-0.2, -0.15) is 9.40 Å². The molecule has 2 saturated heterocycles. The molecule has 0 aliphatic carbocycles. The first kappa shape index (κ1) is 36.0. The van der Waals surface area contributed by atoms with Crippen LogP contribution in [-0.4, -0.2) is 98.2 Å². The SMILES string of the molecule is Cc1ccc(S(=O)(=O)NCCCc2cc(-c3nn(CCCN4CCC(N5CCCC5=O)CC4)c4c3CN(S(C)(=O)=O)CC4)ccc2Cl)cc1. The highest BCUT2D eigenvalue weighted by atomic mass is 35.5. The zero-order chi connectivity index (χ0) is 34.8. The van der Waals surface area contributed by atoms with Gasteiger partial charge in [0, 0.05) is 86.5 Å². The lowest BCUT2D eigenvalue weighted by atomic mass is 9.99. The van der Waals surface area contributed by atoms with Gasteiger partial charge in [0.15, 0.2) is 0 Å². The van der Waals surface area contributed by atoms with Crippen LogP contribution in [0.15, 0.2) is 47.4 Å². The lowest BCUT2D eigenvalue weighted by molar-refractivity contribution is -0.130. The lowest BCUT2D eigenvalue weighted by Gasteiger charge is -2.36. The van der Waals surface area contributed by atoms with Crippen LogP contribution >= 0.6 is 11.6 Å². The van der Waals surface area contributed by atoms with Crippen molar-refractivity contribution in [2.45, 2.75) is 82.3 Å². The molecule has 49 heavy (non-hydrogen) atoms. The van der Waals surface area contributed by atoms with Crippen LogP contribution in [0.1, 0.15) is 60.9 Å². The lowest BCUT2D eigenvalue weighted by Crippen LogP contribution is -2.45. The van der Waals surface area contributed by atoms with Crippen LogP contribution in [0.2, 0.25) is 5.02 Å². The zero-order valence-electron chi connectivity index (χ0n) is 28.4. The van der Waals surface area contributed by atoms with Crippen LogP contribution in [0.5, 0.6) is 0 Å². The van der Waals surface area contributed by atoms with Gasteiger partial charge in [0.05, 0.1) is 16.8 Å². The minimum absolute atomic E-state index is 0.237. The molecule has 6 rings (SSSR count). The molecule has 1 N–H and O–H groups in total. The predicted octanol–water partition coefficient (Wildman–Crippen LogP) is 4.22. The first-order chi connectivity index (χ1) is 23.4. The summed E-state index contributed by atoms with van der Waals surface area (Å²) in [6.45, 7) is 7.41. The van der Waals surface area contributed by atoms with Crippen LogP contribution in [0.25, 0.3) is 11.3 Å². The molecule has 0 radical (unpaired) electrons. The van der Waals surface area contributed by atoms with Crippen molar-refractivity contribution in [1.29, 1.82) is 0 Å². The Morgan fingerprint density at radius 2 is 1.69 bits per heavy atom. The Balaban J connectivity index is 1.12. The Kier molecular flexibility index (Phi) is 11.2. The van der Waals surface area contributed by atoms with E-state index in [-0.39, 0.29) is 18.0 Å². The maximum atomic E-state index is 12.7. The number of carbonyl (C=O) groups excluding carboxylic acids is 1. The van der Waals surface area contributed by atoms with E-state index < -0.39 is 20.0 Å². The largest absolute Gasteiger partial charge is 0.340 e. The fourth-order valence-corrected chi connectivity index (χ4v) is 9.39. The molecule has 0 atom stereocenters. The van der Waals surface area contributed by atoms with Crippen LogP contribution in [-0.2, 0) is 50.8 Å². The van der Waals surface area contributed by atoms with E-state index in [4.69, 9.17) is 16.7 Å². The second kappa shape index (κ2) is 15.2. The molecule has 14 heteroatoms. The van der Waals surface area contributed by atoms with Crippen molar-refractivity contribution in [3.63, 3.8) is 0 Å². The van der Waals surface area contributed by atoms with Crippen molar-refractivity contribution in [1.82, 2.24) is 28.6 Å². The first-order valence-corrected chi connectivity index (χ1v) is 21.0. The monoisotopic (exact) mass is 730 g/mol. The fraction of sp³-hybridized carbons (Fsp3) is 0.543. The number of amides is 1. The Labute approximate surface area is 295 Å². The van der Waals surface area contributed by atoms with Crippen molar-refractivity contribution < 1.29 is 21.6 Å². The molecule has 3 aromatic rings. The molecule has 1 aromatic heterocycles. The van der Waals surface area contributed by atoms with E-state index in [1.807, 2.05) is 25.1 Å². The number of carbonyl (C=O) groups is 1. The van der Waals surface area contributed by atoms with Crippen molar-refractivity contribution in [3.8, 4) is 11.3 Å². The second-order valence-electron chi connectivity index (χ2n) is 13.6. The summed E-state index contributed by atoms with van der Waals surface area (Å²) in [6.07, 6.45) is 7.57. The molecule has 0 saturated carbocycles. The highest BCUT2D eigenvalue weighted by Gasteiger charge is 2.32. The summed E-state index contributed by atoms with van der Waals surface area (Å²) in [4.78, 5) is 17.0. The molecule has 4 heterocycles. The van der Waals surface area contributed by atoms with Gasteiger partial charge < -0.3 is 9.80 Å². The average molecular weight is 731 g/mol. The molecule has 0 bridgehead atoms. The Bertz CT molecular complexity index is 1870. The van der Waals surface area contributed by atoms with E-state index in [1.54, 1.807) is 24.3 Å². The number of nitrogens with zero attached hydrogens (tertiary/aromatic N) is 5. The molecule has 0 unspecified atom stereocenters. The van der Waals surface area contributed by atoms with Gasteiger partial charge in [-0.1, -0.05) is 35.4 Å². The minimum atomic E-state index is -3.61. The van der Waals surface area contributed by atoms with Gasteiger partial charge in [0.25, 0.3) is 0 Å². The molecule has 0 spiro atoms. The summed E-state index contributed by atoms with van der Waals surface area (Å²) in [5.74, 6) is 0.307. The molecule has 2 aromatic carbocycles. The van der Waals surface area contributed by atoms with E-state index in [9.17, 15) is 21.6 Å². The van der Waals surface area contributed by atoms with Gasteiger partial charge in [-0.15, -0.1) is 0 Å². The Hall–Kier alpha value is -2.81. The Morgan fingerprint density at radius 1 is 0.939 bits per heavy atom. The third kappa shape index (κ3) is 8.57. The van der Waals surface area contributed by atoms with Gasteiger partial charge in [0.1, 0.15) is 0 Å². The number of aryl methyl sites for hydroxylation is 3. The fourth-order valence-electron chi connectivity index (χ4n) is 7.32. The van der Waals surface area contributed by atoms with Crippen LogP contribution in [0.3, 0.4) is 0 Å². The number of benzene rings is 2. The van der Waals surface area contributed by atoms with E-state index in [0.717, 1.165) is 92.0 Å². The number of nitrogens with one attached hydrogen (secondary N) is 1. The van der Waals surface area contributed by atoms with Crippen molar-refractivity contribution >= 4 is 37.6 Å². The molecule has 266 valence electrons. The third-order valence-corrected chi connectivity index (χ3v) is 13.2. The molecule has 2 fully saturated rings. The maximum absolute atomic E-state index is 12.7. The maximum Gasteiger partial charge on any atom is 0.240 e. The van der Waals surface area contributed by atoms with Crippen molar-refractivity contribution in [2.75, 3.05) is 45.5 Å². The molecule has 3 aliphatic rings. The molecule has 1 amide bonds. The van der Waals surface area contributed by atoms with Gasteiger partial charge in [-0.25, -0.2) is 21.6 Å². The topological polar surface area (TPSA) is 125 Å². The van der Waals surface area contributed by atoms with E-state index in [2.05, 4.69) is 19.2 Å². The number of hydrogen-bond acceptors (Lipinski definition) is 7. The van der Waals surface area contributed by atoms with Gasteiger partial charge in [0.2, 0.25) is 26.0 Å². The summed E-state index contributed by atoms with van der Waals surface area (Å²) >= 11 is 6.61. The predicted molar refractivity (Wildman–Crippen MR) is 191 cm³/mol. The average Bonchev–Trinajstić information content (AvgIpc) is 3.67. The highest BCUT2D eigenvalue weighted by Crippen LogP contribution is 2.33. The van der Waals surface area contributed by atoms with E-state index in [1.165, 1.54) is 10.6 Å². The standard InChI is InChI=1S/C35H47ClN6O5S2/c1-26-8-11-30(12-9-26)49(46,47)37-17-3-6-27-24-28(10-13-32(27)36)35-31-25-40(48(2,44)45)23-16-33(31)42(38-35)20-5-18-39-21-14-29(15-22-39)41-19-4-7-34(41)43/h8-13,24,29,37H,3-7,14-23,25H2,1-2H3. The number of likely N-dealkylation sites (tertiary alicyclic amines) is 2. The highest BCUT2D eigenvalue weighted by molar-refractivity contribution is 7.89. The number of hydrogen-bond donors (Lipinski definition) is 1. The quantitative estimate of drug-likeness (QED) is 0.261. The number of fused-ring (bicyclic) bond motifs is 1. The number of sulfonamides is 2. The molecular weight excluding hydrogens is 684 g/mol. The van der Waals surface area contributed by atoms with Gasteiger partial charge >= 0.3 is 0 Å². The summed E-state index contributed by atoms with van der Waals surface area (Å²) in [7, 11) is -6.99.